The van der Waals surface area contributed by atoms with E-state index in [0.717, 1.165) is 22.9 Å². The number of rotatable bonds is 5. The number of hydrogen-bond acceptors (Lipinski definition) is 3. The highest BCUT2D eigenvalue weighted by Gasteiger charge is 2.22. The van der Waals surface area contributed by atoms with Gasteiger partial charge in [0.05, 0.1) is 11.5 Å². The normalized spacial score (nSPS) is 12.5. The lowest BCUT2D eigenvalue weighted by Crippen LogP contribution is -2.40. The molecule has 0 radical (unpaired) electrons. The zero-order chi connectivity index (χ0) is 16.4. The average molecular weight is 321 g/mol. The summed E-state index contributed by atoms with van der Waals surface area (Å²) in [4.78, 5) is 0.275. The van der Waals surface area contributed by atoms with Gasteiger partial charge >= 0.3 is 0 Å². The van der Waals surface area contributed by atoms with Gasteiger partial charge in [0.2, 0.25) is 10.0 Å². The Morgan fingerprint density at radius 3 is 2.32 bits per heavy atom. The van der Waals surface area contributed by atoms with E-state index < -0.39 is 15.6 Å². The number of fused-ring (bicyclic) bond motifs is 1. The molecule has 0 fully saturated rings. The van der Waals surface area contributed by atoms with Gasteiger partial charge in [-0.05, 0) is 62.2 Å². The Labute approximate surface area is 132 Å². The predicted octanol–water partition coefficient (Wildman–Crippen LogP) is 3.71. The maximum atomic E-state index is 12.4. The highest BCUT2D eigenvalue weighted by atomic mass is 32.2. The van der Waals surface area contributed by atoms with Gasteiger partial charge in [-0.3, -0.25) is 0 Å². The van der Waals surface area contributed by atoms with Gasteiger partial charge in [-0.1, -0.05) is 19.1 Å². The molecule has 0 aliphatic carbocycles. The van der Waals surface area contributed by atoms with Crippen LogP contribution in [0.2, 0.25) is 0 Å². The molecule has 0 aliphatic heterocycles. The summed E-state index contributed by atoms with van der Waals surface area (Å²) in [7, 11) is -3.51. The van der Waals surface area contributed by atoms with Crippen molar-refractivity contribution in [3.05, 3.63) is 36.4 Å². The topological polar surface area (TPSA) is 55.4 Å². The van der Waals surface area contributed by atoms with Gasteiger partial charge in [-0.2, -0.15) is 0 Å². The third kappa shape index (κ3) is 4.21. The molecular weight excluding hydrogens is 298 g/mol. The molecule has 2 rings (SSSR count). The zero-order valence-electron chi connectivity index (χ0n) is 13.5. The van der Waals surface area contributed by atoms with E-state index in [0.29, 0.717) is 6.61 Å². The number of hydrogen-bond donors (Lipinski definition) is 1. The Hall–Kier alpha value is -1.59. The molecule has 1 N–H and O–H groups in total. The molecule has 0 bridgehead atoms. The fourth-order valence-corrected chi connectivity index (χ4v) is 3.59. The first-order valence-electron chi connectivity index (χ1n) is 7.42. The van der Waals surface area contributed by atoms with Gasteiger partial charge in [-0.15, -0.1) is 0 Å². The number of sulfonamides is 1. The third-order valence-corrected chi connectivity index (χ3v) is 4.76. The summed E-state index contributed by atoms with van der Waals surface area (Å²) in [6, 6.07) is 10.8. The Morgan fingerprint density at radius 2 is 1.68 bits per heavy atom. The summed E-state index contributed by atoms with van der Waals surface area (Å²) < 4.78 is 33.0. The quantitative estimate of drug-likeness (QED) is 0.913. The van der Waals surface area contributed by atoms with Crippen LogP contribution >= 0.6 is 0 Å². The van der Waals surface area contributed by atoms with Crippen LogP contribution in [0, 0.1) is 0 Å². The predicted molar refractivity (Wildman–Crippen MR) is 89.8 cm³/mol. The molecule has 2 aromatic carbocycles. The first kappa shape index (κ1) is 16.8. The third-order valence-electron chi connectivity index (χ3n) is 3.01. The fraction of sp³-hybridized carbons (Fsp3) is 0.412. The minimum absolute atomic E-state index is 0.275. The van der Waals surface area contributed by atoms with Crippen LogP contribution in [0.3, 0.4) is 0 Å². The van der Waals surface area contributed by atoms with E-state index in [4.69, 9.17) is 4.74 Å². The molecule has 5 heteroatoms. The Kier molecular flexibility index (Phi) is 4.78. The molecule has 0 atom stereocenters. The van der Waals surface area contributed by atoms with E-state index in [9.17, 15) is 8.42 Å². The van der Waals surface area contributed by atoms with Crippen molar-refractivity contribution in [3.8, 4) is 5.75 Å². The van der Waals surface area contributed by atoms with E-state index in [1.807, 2.05) is 45.0 Å². The first-order valence-corrected chi connectivity index (χ1v) is 8.90. The van der Waals surface area contributed by atoms with Crippen LogP contribution in [-0.2, 0) is 10.0 Å². The summed E-state index contributed by atoms with van der Waals surface area (Å²) >= 11 is 0. The largest absolute Gasteiger partial charge is 0.494 e. The zero-order valence-corrected chi connectivity index (χ0v) is 14.3. The van der Waals surface area contributed by atoms with E-state index in [1.165, 1.54) is 0 Å². The van der Waals surface area contributed by atoms with Crippen molar-refractivity contribution in [3.63, 3.8) is 0 Å². The minimum atomic E-state index is -3.51. The monoisotopic (exact) mass is 321 g/mol. The van der Waals surface area contributed by atoms with Crippen molar-refractivity contribution in [2.75, 3.05) is 6.61 Å². The van der Waals surface area contributed by atoms with Gasteiger partial charge in [-0.25, -0.2) is 13.1 Å². The minimum Gasteiger partial charge on any atom is -0.494 e. The second-order valence-corrected chi connectivity index (χ2v) is 8.06. The molecule has 4 nitrogen and oxygen atoms in total. The van der Waals surface area contributed by atoms with Crippen LogP contribution < -0.4 is 9.46 Å². The van der Waals surface area contributed by atoms with Crippen molar-refractivity contribution in [2.45, 2.75) is 44.6 Å². The average Bonchev–Trinajstić information content (AvgIpc) is 2.41. The Bertz CT molecular complexity index is 761. The van der Waals surface area contributed by atoms with Crippen molar-refractivity contribution in [1.82, 2.24) is 4.72 Å². The second kappa shape index (κ2) is 6.26. The standard InChI is InChI=1S/C17H23NO3S/c1-5-10-21-15-8-6-14-12-16(9-7-13(14)11-15)22(19,20)18-17(2,3)4/h6-9,11-12,18H,5,10H2,1-4H3. The summed E-state index contributed by atoms with van der Waals surface area (Å²) in [5, 5.41) is 1.84. The van der Waals surface area contributed by atoms with Crippen molar-refractivity contribution in [2.24, 2.45) is 0 Å². The molecule has 120 valence electrons. The van der Waals surface area contributed by atoms with Crippen LogP contribution in [0.15, 0.2) is 41.3 Å². The number of ether oxygens (including phenoxy) is 1. The van der Waals surface area contributed by atoms with E-state index in [2.05, 4.69) is 11.6 Å². The molecular formula is C17H23NO3S. The SMILES string of the molecule is CCCOc1ccc2cc(S(=O)(=O)NC(C)(C)C)ccc2c1. The number of benzene rings is 2. The molecule has 0 aliphatic rings. The summed E-state index contributed by atoms with van der Waals surface area (Å²) in [5.41, 5.74) is -0.508. The van der Waals surface area contributed by atoms with Gasteiger partial charge in [0.1, 0.15) is 5.75 Å². The molecule has 0 saturated carbocycles. The van der Waals surface area contributed by atoms with Gasteiger partial charge in [0.15, 0.2) is 0 Å². The Morgan fingerprint density at radius 1 is 1.05 bits per heavy atom. The molecule has 0 heterocycles. The second-order valence-electron chi connectivity index (χ2n) is 6.37. The Balaban J connectivity index is 2.35. The molecule has 22 heavy (non-hydrogen) atoms. The summed E-state index contributed by atoms with van der Waals surface area (Å²) in [6.07, 6.45) is 0.952. The molecule has 0 spiro atoms. The fourth-order valence-electron chi connectivity index (χ4n) is 2.14. The van der Waals surface area contributed by atoms with Gasteiger partial charge in [0.25, 0.3) is 0 Å². The summed E-state index contributed by atoms with van der Waals surface area (Å²) in [5.74, 6) is 0.803. The van der Waals surface area contributed by atoms with E-state index >= 15 is 0 Å². The van der Waals surface area contributed by atoms with Crippen LogP contribution in [0.25, 0.3) is 10.8 Å². The molecule has 0 amide bonds. The highest BCUT2D eigenvalue weighted by molar-refractivity contribution is 7.89. The molecule has 0 saturated heterocycles. The van der Waals surface area contributed by atoms with Crippen molar-refractivity contribution < 1.29 is 13.2 Å². The van der Waals surface area contributed by atoms with Crippen molar-refractivity contribution in [1.29, 1.82) is 0 Å². The summed E-state index contributed by atoms with van der Waals surface area (Å²) in [6.45, 7) is 8.20. The molecule has 0 unspecified atom stereocenters. The lowest BCUT2D eigenvalue weighted by molar-refractivity contribution is 0.318. The van der Waals surface area contributed by atoms with Gasteiger partial charge in [0, 0.05) is 5.54 Å². The maximum Gasteiger partial charge on any atom is 0.241 e. The smallest absolute Gasteiger partial charge is 0.241 e. The van der Waals surface area contributed by atoms with E-state index in [-0.39, 0.29) is 4.90 Å². The van der Waals surface area contributed by atoms with E-state index in [1.54, 1.807) is 12.1 Å². The van der Waals surface area contributed by atoms with Crippen LogP contribution in [0.1, 0.15) is 34.1 Å². The van der Waals surface area contributed by atoms with Gasteiger partial charge < -0.3 is 4.74 Å². The maximum absolute atomic E-state index is 12.4. The van der Waals surface area contributed by atoms with Crippen LogP contribution in [0.5, 0.6) is 5.75 Å². The lowest BCUT2D eigenvalue weighted by Gasteiger charge is -2.20. The lowest BCUT2D eigenvalue weighted by atomic mass is 10.1. The first-order chi connectivity index (χ1) is 10.2. The molecule has 2 aromatic rings. The van der Waals surface area contributed by atoms with Crippen molar-refractivity contribution >= 4 is 20.8 Å². The van der Waals surface area contributed by atoms with Crippen LogP contribution in [-0.4, -0.2) is 20.6 Å². The van der Waals surface area contributed by atoms with Crippen LogP contribution in [0.4, 0.5) is 0 Å². The molecule has 0 aromatic heterocycles. The highest BCUT2D eigenvalue weighted by Crippen LogP contribution is 2.24. The number of nitrogens with one attached hydrogen (secondary N) is 1.